The van der Waals surface area contributed by atoms with Gasteiger partial charge in [-0.25, -0.2) is 4.57 Å². The third kappa shape index (κ3) is 4.14. The number of phosphoric acid groups is 1. The van der Waals surface area contributed by atoms with E-state index in [9.17, 15) is 9.36 Å². The smallest absolute Gasteiger partial charge is 0.404 e. The lowest BCUT2D eigenvalue weighted by molar-refractivity contribution is 0.0981. The SMILES string of the molecule is CCCC(=O)c1ccc(OP(=O)(O)O)cc1. The van der Waals surface area contributed by atoms with E-state index < -0.39 is 7.82 Å². The van der Waals surface area contributed by atoms with E-state index in [1.807, 2.05) is 6.92 Å². The van der Waals surface area contributed by atoms with Gasteiger partial charge in [0.05, 0.1) is 0 Å². The monoisotopic (exact) mass is 244 g/mol. The molecule has 0 bridgehead atoms. The minimum atomic E-state index is -4.52. The Morgan fingerprint density at radius 1 is 1.31 bits per heavy atom. The molecule has 6 heteroatoms. The molecule has 0 heterocycles. The number of ketones is 1. The van der Waals surface area contributed by atoms with E-state index in [2.05, 4.69) is 4.52 Å². The van der Waals surface area contributed by atoms with Crippen molar-refractivity contribution in [2.75, 3.05) is 0 Å². The minimum Gasteiger partial charge on any atom is -0.404 e. The van der Waals surface area contributed by atoms with Crippen molar-refractivity contribution in [1.29, 1.82) is 0 Å². The van der Waals surface area contributed by atoms with E-state index in [0.717, 1.165) is 6.42 Å². The van der Waals surface area contributed by atoms with Crippen molar-refractivity contribution in [2.45, 2.75) is 19.8 Å². The van der Waals surface area contributed by atoms with Crippen LogP contribution in [0.3, 0.4) is 0 Å². The Hall–Kier alpha value is -1.16. The number of phosphoric ester groups is 1. The zero-order chi connectivity index (χ0) is 12.2. The normalized spacial score (nSPS) is 11.2. The molecule has 0 spiro atoms. The van der Waals surface area contributed by atoms with Crippen molar-refractivity contribution in [3.63, 3.8) is 0 Å². The average molecular weight is 244 g/mol. The van der Waals surface area contributed by atoms with E-state index in [1.54, 1.807) is 0 Å². The predicted molar refractivity (Wildman–Crippen MR) is 58.4 cm³/mol. The average Bonchev–Trinajstić information content (AvgIpc) is 2.16. The van der Waals surface area contributed by atoms with Crippen molar-refractivity contribution in [3.05, 3.63) is 29.8 Å². The summed E-state index contributed by atoms with van der Waals surface area (Å²) in [6.07, 6.45) is 1.22. The van der Waals surface area contributed by atoms with Crippen LogP contribution >= 0.6 is 7.82 Å². The summed E-state index contributed by atoms with van der Waals surface area (Å²) >= 11 is 0. The van der Waals surface area contributed by atoms with Crippen molar-refractivity contribution >= 4 is 13.6 Å². The highest BCUT2D eigenvalue weighted by Crippen LogP contribution is 2.37. The molecule has 0 fully saturated rings. The quantitative estimate of drug-likeness (QED) is 0.612. The number of rotatable bonds is 5. The van der Waals surface area contributed by atoms with Gasteiger partial charge in [0.15, 0.2) is 5.78 Å². The second-order valence-corrected chi connectivity index (χ2v) is 4.44. The second kappa shape index (κ2) is 5.25. The fraction of sp³-hybridized carbons (Fsp3) is 0.300. The lowest BCUT2D eigenvalue weighted by Gasteiger charge is -2.06. The largest absolute Gasteiger partial charge is 0.524 e. The molecule has 5 nitrogen and oxygen atoms in total. The number of hydrogen-bond donors (Lipinski definition) is 2. The van der Waals surface area contributed by atoms with Crippen LogP contribution in [0.15, 0.2) is 24.3 Å². The molecule has 0 aliphatic heterocycles. The molecule has 1 aromatic carbocycles. The highest BCUT2D eigenvalue weighted by Gasteiger charge is 2.15. The number of hydrogen-bond acceptors (Lipinski definition) is 3. The zero-order valence-corrected chi connectivity index (χ0v) is 9.68. The standard InChI is InChI=1S/C10H13O5P/c1-2-3-10(11)8-4-6-9(7-5-8)15-16(12,13)14/h4-7H,2-3H2,1H3,(H2,12,13,14). The fourth-order valence-corrected chi connectivity index (χ4v) is 1.61. The molecule has 0 saturated heterocycles. The summed E-state index contributed by atoms with van der Waals surface area (Å²) in [7, 11) is -4.52. The van der Waals surface area contributed by atoms with Gasteiger partial charge in [0.2, 0.25) is 0 Å². The lowest BCUT2D eigenvalue weighted by Crippen LogP contribution is -1.98. The Balaban J connectivity index is 2.75. The molecular formula is C10H13O5P. The van der Waals surface area contributed by atoms with Crippen LogP contribution in [0.25, 0.3) is 0 Å². The van der Waals surface area contributed by atoms with Crippen LogP contribution in [-0.4, -0.2) is 15.6 Å². The molecule has 0 amide bonds. The molecule has 0 atom stereocenters. The summed E-state index contributed by atoms with van der Waals surface area (Å²) in [5.74, 6) is 0.0478. The molecule has 0 aromatic heterocycles. The first-order valence-corrected chi connectivity index (χ1v) is 6.34. The van der Waals surface area contributed by atoms with E-state index in [1.165, 1.54) is 24.3 Å². The first-order valence-electron chi connectivity index (χ1n) is 4.81. The van der Waals surface area contributed by atoms with E-state index >= 15 is 0 Å². The van der Waals surface area contributed by atoms with Crippen molar-refractivity contribution < 1.29 is 23.7 Å². The second-order valence-electron chi connectivity index (χ2n) is 3.28. The Kier molecular flexibility index (Phi) is 4.24. The molecule has 88 valence electrons. The Morgan fingerprint density at radius 3 is 2.31 bits per heavy atom. The van der Waals surface area contributed by atoms with Crippen LogP contribution in [0.2, 0.25) is 0 Å². The number of carbonyl (C=O) groups is 1. The molecule has 1 aromatic rings. The molecule has 0 saturated carbocycles. The summed E-state index contributed by atoms with van der Waals surface area (Å²) in [4.78, 5) is 28.6. The van der Waals surface area contributed by atoms with Crippen LogP contribution in [0.4, 0.5) is 0 Å². The summed E-state index contributed by atoms with van der Waals surface area (Å²) in [5.41, 5.74) is 0.514. The van der Waals surface area contributed by atoms with Gasteiger partial charge in [-0.2, -0.15) is 0 Å². The van der Waals surface area contributed by atoms with E-state index in [0.29, 0.717) is 12.0 Å². The highest BCUT2D eigenvalue weighted by atomic mass is 31.2. The maximum atomic E-state index is 11.4. The summed E-state index contributed by atoms with van der Waals surface area (Å²) in [5, 5.41) is 0. The van der Waals surface area contributed by atoms with Crippen molar-refractivity contribution in [2.24, 2.45) is 0 Å². The van der Waals surface area contributed by atoms with Gasteiger partial charge < -0.3 is 4.52 Å². The molecular weight excluding hydrogens is 231 g/mol. The van der Waals surface area contributed by atoms with Crippen LogP contribution < -0.4 is 4.52 Å². The molecule has 0 unspecified atom stereocenters. The van der Waals surface area contributed by atoms with Gasteiger partial charge >= 0.3 is 7.82 Å². The van der Waals surface area contributed by atoms with Gasteiger partial charge in [0.25, 0.3) is 0 Å². The third-order valence-electron chi connectivity index (χ3n) is 1.88. The van der Waals surface area contributed by atoms with Gasteiger partial charge in [-0.15, -0.1) is 0 Å². The predicted octanol–water partition coefficient (Wildman–Crippen LogP) is 2.14. The van der Waals surface area contributed by atoms with Crippen LogP contribution in [0.1, 0.15) is 30.1 Å². The minimum absolute atomic E-state index is 0.00484. The Labute approximate surface area is 93.3 Å². The van der Waals surface area contributed by atoms with Crippen LogP contribution in [0.5, 0.6) is 5.75 Å². The van der Waals surface area contributed by atoms with E-state index in [4.69, 9.17) is 9.79 Å². The zero-order valence-electron chi connectivity index (χ0n) is 8.79. The summed E-state index contributed by atoms with van der Waals surface area (Å²) < 4.78 is 14.9. The summed E-state index contributed by atoms with van der Waals surface area (Å²) in [6.45, 7) is 1.91. The topological polar surface area (TPSA) is 83.8 Å². The third-order valence-corrected chi connectivity index (χ3v) is 2.33. The van der Waals surface area contributed by atoms with Gasteiger partial charge in [-0.05, 0) is 30.7 Å². The molecule has 0 aliphatic rings. The van der Waals surface area contributed by atoms with Gasteiger partial charge in [-0.3, -0.25) is 14.6 Å². The highest BCUT2D eigenvalue weighted by molar-refractivity contribution is 7.46. The first-order chi connectivity index (χ1) is 7.42. The number of benzene rings is 1. The van der Waals surface area contributed by atoms with Gasteiger partial charge in [-0.1, -0.05) is 6.92 Å². The maximum absolute atomic E-state index is 11.4. The lowest BCUT2D eigenvalue weighted by atomic mass is 10.1. The van der Waals surface area contributed by atoms with Crippen LogP contribution in [0, 0.1) is 0 Å². The fourth-order valence-electron chi connectivity index (χ4n) is 1.21. The summed E-state index contributed by atoms with van der Waals surface area (Å²) in [6, 6.07) is 5.70. The van der Waals surface area contributed by atoms with E-state index in [-0.39, 0.29) is 11.5 Å². The molecule has 2 N–H and O–H groups in total. The van der Waals surface area contributed by atoms with Gasteiger partial charge in [0.1, 0.15) is 5.75 Å². The van der Waals surface area contributed by atoms with Gasteiger partial charge in [0, 0.05) is 12.0 Å². The van der Waals surface area contributed by atoms with Crippen LogP contribution in [-0.2, 0) is 4.57 Å². The maximum Gasteiger partial charge on any atom is 0.524 e. The molecule has 0 radical (unpaired) electrons. The first kappa shape index (κ1) is 12.9. The molecule has 1 rings (SSSR count). The Morgan fingerprint density at radius 2 is 1.88 bits per heavy atom. The Bertz CT molecular complexity index is 406. The molecule has 16 heavy (non-hydrogen) atoms. The number of carbonyl (C=O) groups excluding carboxylic acids is 1. The van der Waals surface area contributed by atoms with Crippen molar-refractivity contribution in [3.8, 4) is 5.75 Å². The molecule has 0 aliphatic carbocycles. The van der Waals surface area contributed by atoms with Crippen molar-refractivity contribution in [1.82, 2.24) is 0 Å². The number of Topliss-reactive ketones (excluding diaryl/α,β-unsaturated/α-hetero) is 1.